The standard InChI is InChI=1S/C20H23F2NO4S/c21-16-5-7-19(8-6-16)27-13-18(24)12-23(17-9-10-28(25,26)14-17)11-15-3-1-2-4-20(15)22/h1-8,17-18,24H,9-14H2. The number of hydrogen-bond donors (Lipinski definition) is 1. The molecule has 0 aromatic heterocycles. The minimum Gasteiger partial charge on any atom is -0.491 e. The maximum atomic E-state index is 14.1. The number of halogens is 2. The predicted octanol–water partition coefficient (Wildman–Crippen LogP) is 2.39. The van der Waals surface area contributed by atoms with Crippen LogP contribution in [-0.4, -0.2) is 55.2 Å². The van der Waals surface area contributed by atoms with E-state index in [1.807, 2.05) is 0 Å². The molecular formula is C20H23F2NO4S. The Morgan fingerprint density at radius 2 is 1.86 bits per heavy atom. The molecule has 2 aromatic carbocycles. The molecule has 0 spiro atoms. The summed E-state index contributed by atoms with van der Waals surface area (Å²) in [5, 5.41) is 10.4. The third-order valence-corrected chi connectivity index (χ3v) is 6.51. The Hall–Kier alpha value is -2.03. The fourth-order valence-corrected chi connectivity index (χ4v) is 5.06. The van der Waals surface area contributed by atoms with Crippen LogP contribution in [0.2, 0.25) is 0 Å². The van der Waals surface area contributed by atoms with Crippen molar-refractivity contribution in [3.8, 4) is 5.75 Å². The first-order valence-electron chi connectivity index (χ1n) is 9.07. The smallest absolute Gasteiger partial charge is 0.151 e. The van der Waals surface area contributed by atoms with Crippen molar-refractivity contribution in [3.05, 3.63) is 65.7 Å². The summed E-state index contributed by atoms with van der Waals surface area (Å²) < 4.78 is 56.2. The maximum absolute atomic E-state index is 14.1. The van der Waals surface area contributed by atoms with Gasteiger partial charge in [0.15, 0.2) is 9.84 Å². The minimum absolute atomic E-state index is 0.00695. The van der Waals surface area contributed by atoms with Crippen molar-refractivity contribution < 1.29 is 27.0 Å². The SMILES string of the molecule is O=S1(=O)CCC(N(Cc2ccccc2F)CC(O)COc2ccc(F)cc2)C1. The van der Waals surface area contributed by atoms with E-state index in [-0.39, 0.29) is 48.9 Å². The molecule has 0 aliphatic carbocycles. The summed E-state index contributed by atoms with van der Waals surface area (Å²) in [4.78, 5) is 1.79. The van der Waals surface area contributed by atoms with E-state index >= 15 is 0 Å². The summed E-state index contributed by atoms with van der Waals surface area (Å²) >= 11 is 0. The van der Waals surface area contributed by atoms with E-state index in [1.165, 1.54) is 30.3 Å². The van der Waals surface area contributed by atoms with Gasteiger partial charge in [0.1, 0.15) is 30.1 Å². The third-order valence-electron chi connectivity index (χ3n) is 4.76. The molecule has 8 heteroatoms. The van der Waals surface area contributed by atoms with E-state index in [2.05, 4.69) is 0 Å². The van der Waals surface area contributed by atoms with Crippen LogP contribution in [0.4, 0.5) is 8.78 Å². The molecule has 28 heavy (non-hydrogen) atoms. The highest BCUT2D eigenvalue weighted by atomic mass is 32.2. The quantitative estimate of drug-likeness (QED) is 0.723. The first-order chi connectivity index (χ1) is 13.3. The lowest BCUT2D eigenvalue weighted by atomic mass is 10.1. The maximum Gasteiger partial charge on any atom is 0.151 e. The van der Waals surface area contributed by atoms with Crippen LogP contribution in [0.3, 0.4) is 0 Å². The van der Waals surface area contributed by atoms with Crippen LogP contribution in [0.5, 0.6) is 5.75 Å². The molecule has 2 atom stereocenters. The van der Waals surface area contributed by atoms with E-state index in [0.717, 1.165) is 0 Å². The van der Waals surface area contributed by atoms with Crippen molar-refractivity contribution in [2.24, 2.45) is 0 Å². The lowest BCUT2D eigenvalue weighted by Gasteiger charge is -2.30. The zero-order valence-electron chi connectivity index (χ0n) is 15.3. The number of aliphatic hydroxyl groups excluding tert-OH is 1. The van der Waals surface area contributed by atoms with Gasteiger partial charge < -0.3 is 9.84 Å². The van der Waals surface area contributed by atoms with Crippen molar-refractivity contribution in [3.63, 3.8) is 0 Å². The number of ether oxygens (including phenoxy) is 1. The molecular weight excluding hydrogens is 388 g/mol. The fraction of sp³-hybridized carbons (Fsp3) is 0.400. The highest BCUT2D eigenvalue weighted by Gasteiger charge is 2.33. The first kappa shape index (κ1) is 20.7. The predicted molar refractivity (Wildman–Crippen MR) is 102 cm³/mol. The summed E-state index contributed by atoms with van der Waals surface area (Å²) in [6, 6.07) is 11.5. The topological polar surface area (TPSA) is 66.8 Å². The van der Waals surface area contributed by atoms with Crippen molar-refractivity contribution in [1.29, 1.82) is 0 Å². The lowest BCUT2D eigenvalue weighted by molar-refractivity contribution is 0.0520. The van der Waals surface area contributed by atoms with Crippen LogP contribution < -0.4 is 4.74 Å². The van der Waals surface area contributed by atoms with E-state index < -0.39 is 15.9 Å². The molecule has 0 bridgehead atoms. The molecule has 3 rings (SSSR count). The Bertz CT molecular complexity index is 889. The van der Waals surface area contributed by atoms with Gasteiger partial charge in [-0.05, 0) is 36.8 Å². The second-order valence-corrected chi connectivity index (χ2v) is 9.23. The van der Waals surface area contributed by atoms with Gasteiger partial charge in [0.25, 0.3) is 0 Å². The number of aliphatic hydroxyl groups is 1. The van der Waals surface area contributed by atoms with Crippen LogP contribution in [0.1, 0.15) is 12.0 Å². The Morgan fingerprint density at radius 3 is 2.50 bits per heavy atom. The van der Waals surface area contributed by atoms with Gasteiger partial charge in [-0.2, -0.15) is 0 Å². The van der Waals surface area contributed by atoms with Crippen LogP contribution in [0.15, 0.2) is 48.5 Å². The molecule has 1 N–H and O–H groups in total. The van der Waals surface area contributed by atoms with E-state index in [9.17, 15) is 22.3 Å². The van der Waals surface area contributed by atoms with Crippen molar-refractivity contribution in [1.82, 2.24) is 4.90 Å². The Kier molecular flexibility index (Phi) is 6.64. The number of nitrogens with zero attached hydrogens (tertiary/aromatic N) is 1. The highest BCUT2D eigenvalue weighted by molar-refractivity contribution is 7.91. The number of benzene rings is 2. The molecule has 1 aliphatic heterocycles. The normalized spacial score (nSPS) is 19.6. The van der Waals surface area contributed by atoms with Crippen molar-refractivity contribution in [2.75, 3.05) is 24.7 Å². The summed E-state index contributed by atoms with van der Waals surface area (Å²) in [5.74, 6) is -0.248. The molecule has 0 saturated carbocycles. The Morgan fingerprint density at radius 1 is 1.14 bits per heavy atom. The molecule has 1 aliphatic rings. The van der Waals surface area contributed by atoms with Crippen molar-refractivity contribution in [2.45, 2.75) is 25.1 Å². The summed E-state index contributed by atoms with van der Waals surface area (Å²) in [6.07, 6.45) is -0.470. The van der Waals surface area contributed by atoms with Crippen LogP contribution in [0.25, 0.3) is 0 Å². The van der Waals surface area contributed by atoms with E-state index in [0.29, 0.717) is 17.7 Å². The molecule has 2 unspecified atom stereocenters. The van der Waals surface area contributed by atoms with Crippen LogP contribution >= 0.6 is 0 Å². The van der Waals surface area contributed by atoms with Crippen LogP contribution in [-0.2, 0) is 16.4 Å². The zero-order chi connectivity index (χ0) is 20.1. The molecule has 1 fully saturated rings. The molecule has 152 valence electrons. The number of hydrogen-bond acceptors (Lipinski definition) is 5. The van der Waals surface area contributed by atoms with Gasteiger partial charge in [0, 0.05) is 24.7 Å². The van der Waals surface area contributed by atoms with Gasteiger partial charge in [-0.3, -0.25) is 4.90 Å². The first-order valence-corrected chi connectivity index (χ1v) is 10.9. The number of sulfone groups is 1. The molecule has 1 saturated heterocycles. The summed E-state index contributed by atoms with van der Waals surface area (Å²) in [6.45, 7) is 0.287. The second-order valence-electron chi connectivity index (χ2n) is 7.00. The van der Waals surface area contributed by atoms with Crippen LogP contribution in [0, 0.1) is 11.6 Å². The average Bonchev–Trinajstić information content (AvgIpc) is 3.02. The Balaban J connectivity index is 1.65. The van der Waals surface area contributed by atoms with E-state index in [1.54, 1.807) is 23.1 Å². The average molecular weight is 411 g/mol. The molecule has 0 amide bonds. The third kappa shape index (κ3) is 5.73. The molecule has 0 radical (unpaired) electrons. The second kappa shape index (κ2) is 8.98. The lowest BCUT2D eigenvalue weighted by Crippen LogP contribution is -2.42. The largest absolute Gasteiger partial charge is 0.491 e. The fourth-order valence-electron chi connectivity index (χ4n) is 3.30. The molecule has 2 aromatic rings. The zero-order valence-corrected chi connectivity index (χ0v) is 16.1. The number of rotatable bonds is 8. The summed E-state index contributed by atoms with van der Waals surface area (Å²) in [5.41, 5.74) is 0.443. The van der Waals surface area contributed by atoms with Gasteiger partial charge >= 0.3 is 0 Å². The molecule has 1 heterocycles. The van der Waals surface area contributed by atoms with Gasteiger partial charge in [-0.1, -0.05) is 18.2 Å². The van der Waals surface area contributed by atoms with Gasteiger partial charge in [-0.25, -0.2) is 17.2 Å². The van der Waals surface area contributed by atoms with Crippen molar-refractivity contribution >= 4 is 9.84 Å². The van der Waals surface area contributed by atoms with E-state index in [4.69, 9.17) is 4.74 Å². The minimum atomic E-state index is -3.12. The van der Waals surface area contributed by atoms with Gasteiger partial charge in [0.05, 0.1) is 11.5 Å². The highest BCUT2D eigenvalue weighted by Crippen LogP contribution is 2.21. The summed E-state index contributed by atoms with van der Waals surface area (Å²) in [7, 11) is -3.12. The van der Waals surface area contributed by atoms with Gasteiger partial charge in [0.2, 0.25) is 0 Å². The Labute approximate surface area is 163 Å². The monoisotopic (exact) mass is 411 g/mol. The molecule has 5 nitrogen and oxygen atoms in total. The van der Waals surface area contributed by atoms with Gasteiger partial charge in [-0.15, -0.1) is 0 Å².